The fourth-order valence-corrected chi connectivity index (χ4v) is 1.41. The van der Waals surface area contributed by atoms with Gasteiger partial charge in [-0.05, 0) is 36.4 Å². The zero-order chi connectivity index (χ0) is 15.3. The van der Waals surface area contributed by atoms with Crippen LogP contribution in [-0.4, -0.2) is 12.5 Å². The lowest BCUT2D eigenvalue weighted by Gasteiger charge is -2.09. The van der Waals surface area contributed by atoms with Gasteiger partial charge in [0.1, 0.15) is 17.2 Å². The van der Waals surface area contributed by atoms with E-state index in [1.54, 1.807) is 30.3 Å². The van der Waals surface area contributed by atoms with Gasteiger partial charge in [-0.3, -0.25) is 0 Å². The second kappa shape index (κ2) is 6.17. The van der Waals surface area contributed by atoms with E-state index in [0.29, 0.717) is 5.75 Å². The minimum absolute atomic E-state index is 0.0328. The van der Waals surface area contributed by atoms with Crippen LogP contribution in [0.1, 0.15) is 0 Å². The lowest BCUT2D eigenvalue weighted by molar-refractivity contribution is -0.274. The van der Waals surface area contributed by atoms with Crippen molar-refractivity contribution in [1.82, 2.24) is 0 Å². The topological polar surface area (TPSA) is 44.8 Å². The number of hydrogen-bond donors (Lipinski definition) is 0. The first-order valence-electron chi connectivity index (χ1n) is 5.73. The first-order chi connectivity index (χ1) is 9.92. The summed E-state index contributed by atoms with van der Waals surface area (Å²) in [4.78, 5) is 11.4. The molecule has 0 bridgehead atoms. The smallest absolute Gasteiger partial charge is 0.406 e. The minimum atomic E-state index is -4.77. The normalized spacial score (nSPS) is 10.8. The van der Waals surface area contributed by atoms with Crippen LogP contribution >= 0.6 is 0 Å². The predicted octanol–water partition coefficient (Wildman–Crippen LogP) is 4.16. The Labute approximate surface area is 117 Å². The number of ether oxygens (including phenoxy) is 3. The van der Waals surface area contributed by atoms with Gasteiger partial charge >= 0.3 is 12.5 Å². The summed E-state index contributed by atoms with van der Waals surface area (Å²) in [5, 5.41) is 0. The van der Waals surface area contributed by atoms with Crippen LogP contribution in [0.25, 0.3) is 0 Å². The van der Waals surface area contributed by atoms with Gasteiger partial charge in [-0.25, -0.2) is 4.79 Å². The van der Waals surface area contributed by atoms with E-state index in [0.717, 1.165) is 24.3 Å². The van der Waals surface area contributed by atoms with E-state index in [2.05, 4.69) is 4.74 Å². The summed E-state index contributed by atoms with van der Waals surface area (Å²) >= 11 is 0. The first kappa shape index (κ1) is 14.7. The highest BCUT2D eigenvalue weighted by Gasteiger charge is 2.31. The standard InChI is InChI=1S/C14H9F3O4/c15-14(16,17)21-12-8-6-11(7-9-12)20-13(18)19-10-4-2-1-3-5-10/h1-9H. The second-order valence-electron chi connectivity index (χ2n) is 3.79. The summed E-state index contributed by atoms with van der Waals surface area (Å²) in [6, 6.07) is 12.6. The molecule has 0 heterocycles. The van der Waals surface area contributed by atoms with Crippen molar-refractivity contribution in [2.24, 2.45) is 0 Å². The van der Waals surface area contributed by atoms with Crippen molar-refractivity contribution in [3.63, 3.8) is 0 Å². The Hall–Kier alpha value is -2.70. The Morgan fingerprint density at radius 2 is 1.24 bits per heavy atom. The summed E-state index contributed by atoms with van der Waals surface area (Å²) < 4.78 is 49.2. The van der Waals surface area contributed by atoms with Gasteiger partial charge in [-0.2, -0.15) is 0 Å². The zero-order valence-electron chi connectivity index (χ0n) is 10.5. The van der Waals surface area contributed by atoms with Crippen molar-refractivity contribution >= 4 is 6.16 Å². The van der Waals surface area contributed by atoms with E-state index in [9.17, 15) is 18.0 Å². The van der Waals surface area contributed by atoms with E-state index >= 15 is 0 Å². The third-order valence-electron chi connectivity index (χ3n) is 2.20. The number of halogens is 3. The Morgan fingerprint density at radius 3 is 1.76 bits per heavy atom. The van der Waals surface area contributed by atoms with E-state index < -0.39 is 18.3 Å². The van der Waals surface area contributed by atoms with Gasteiger partial charge in [0.15, 0.2) is 0 Å². The number of carbonyl (C=O) groups excluding carboxylic acids is 1. The average molecular weight is 298 g/mol. The third kappa shape index (κ3) is 5.06. The van der Waals surface area contributed by atoms with Crippen molar-refractivity contribution in [3.8, 4) is 17.2 Å². The molecule has 0 unspecified atom stereocenters. The molecule has 2 rings (SSSR count). The summed E-state index contributed by atoms with van der Waals surface area (Å²) in [6.07, 6.45) is -5.76. The van der Waals surface area contributed by atoms with Crippen molar-refractivity contribution in [3.05, 3.63) is 54.6 Å². The van der Waals surface area contributed by atoms with Crippen LogP contribution < -0.4 is 14.2 Å². The fourth-order valence-electron chi connectivity index (χ4n) is 1.41. The highest BCUT2D eigenvalue weighted by molar-refractivity contribution is 5.67. The molecule has 0 aliphatic carbocycles. The molecule has 0 spiro atoms. The lowest BCUT2D eigenvalue weighted by Crippen LogP contribution is -2.17. The first-order valence-corrected chi connectivity index (χ1v) is 5.73. The molecule has 7 heteroatoms. The van der Waals surface area contributed by atoms with Crippen molar-refractivity contribution in [2.45, 2.75) is 6.36 Å². The molecule has 0 amide bonds. The maximum Gasteiger partial charge on any atom is 0.573 e. The lowest BCUT2D eigenvalue weighted by atomic mass is 10.3. The molecule has 2 aromatic carbocycles. The molecule has 110 valence electrons. The number of carbonyl (C=O) groups is 1. The fraction of sp³-hybridized carbons (Fsp3) is 0.0714. The zero-order valence-corrected chi connectivity index (χ0v) is 10.5. The van der Waals surface area contributed by atoms with Crippen LogP contribution in [0.5, 0.6) is 17.2 Å². The quantitative estimate of drug-likeness (QED) is 0.630. The summed E-state index contributed by atoms with van der Waals surface area (Å²) in [5.74, 6) is -0.0868. The molecule has 0 fully saturated rings. The molecule has 0 N–H and O–H groups in total. The Balaban J connectivity index is 1.92. The molecule has 0 atom stereocenters. The van der Waals surface area contributed by atoms with Gasteiger partial charge in [-0.1, -0.05) is 18.2 Å². The number of benzene rings is 2. The van der Waals surface area contributed by atoms with Gasteiger partial charge < -0.3 is 14.2 Å². The van der Waals surface area contributed by atoms with Crippen LogP contribution in [0.4, 0.5) is 18.0 Å². The van der Waals surface area contributed by atoms with Gasteiger partial charge in [0.2, 0.25) is 0 Å². The molecule has 0 aromatic heterocycles. The Morgan fingerprint density at radius 1 is 0.762 bits per heavy atom. The second-order valence-corrected chi connectivity index (χ2v) is 3.79. The number of para-hydroxylation sites is 1. The van der Waals surface area contributed by atoms with E-state index in [1.165, 1.54) is 0 Å². The highest BCUT2D eigenvalue weighted by atomic mass is 19.4. The van der Waals surface area contributed by atoms with Crippen molar-refractivity contribution in [2.75, 3.05) is 0 Å². The number of rotatable bonds is 3. The molecule has 2 aromatic rings. The van der Waals surface area contributed by atoms with E-state index in [4.69, 9.17) is 9.47 Å². The molecule has 0 saturated heterocycles. The molecule has 0 aliphatic rings. The Kier molecular flexibility index (Phi) is 4.32. The largest absolute Gasteiger partial charge is 0.573 e. The molecule has 0 aliphatic heterocycles. The van der Waals surface area contributed by atoms with Gasteiger partial charge in [0.05, 0.1) is 0 Å². The number of hydrogen-bond acceptors (Lipinski definition) is 4. The maximum absolute atomic E-state index is 12.0. The summed E-state index contributed by atoms with van der Waals surface area (Å²) in [7, 11) is 0. The van der Waals surface area contributed by atoms with Crippen LogP contribution in [0.15, 0.2) is 54.6 Å². The van der Waals surface area contributed by atoms with E-state index in [-0.39, 0.29) is 5.75 Å². The average Bonchev–Trinajstić information content (AvgIpc) is 2.40. The predicted molar refractivity (Wildman–Crippen MR) is 66.2 cm³/mol. The highest BCUT2D eigenvalue weighted by Crippen LogP contribution is 2.24. The molecular formula is C14H9F3O4. The maximum atomic E-state index is 12.0. The SMILES string of the molecule is O=C(Oc1ccccc1)Oc1ccc(OC(F)(F)F)cc1. The van der Waals surface area contributed by atoms with Crippen LogP contribution in [0.2, 0.25) is 0 Å². The van der Waals surface area contributed by atoms with Crippen molar-refractivity contribution in [1.29, 1.82) is 0 Å². The van der Waals surface area contributed by atoms with E-state index in [1.807, 2.05) is 0 Å². The van der Waals surface area contributed by atoms with Gasteiger partial charge in [0, 0.05) is 0 Å². The molecule has 21 heavy (non-hydrogen) atoms. The summed E-state index contributed by atoms with van der Waals surface area (Å²) in [5.41, 5.74) is 0. The summed E-state index contributed by atoms with van der Waals surface area (Å²) in [6.45, 7) is 0. The van der Waals surface area contributed by atoms with Crippen LogP contribution in [0.3, 0.4) is 0 Å². The minimum Gasteiger partial charge on any atom is -0.406 e. The van der Waals surface area contributed by atoms with Gasteiger partial charge in [0.25, 0.3) is 0 Å². The third-order valence-corrected chi connectivity index (χ3v) is 2.20. The molecule has 0 saturated carbocycles. The Bertz CT molecular complexity index is 594. The molecule has 4 nitrogen and oxygen atoms in total. The van der Waals surface area contributed by atoms with Gasteiger partial charge in [-0.15, -0.1) is 13.2 Å². The monoisotopic (exact) mass is 298 g/mol. The molecule has 0 radical (unpaired) electrons. The van der Waals surface area contributed by atoms with Crippen LogP contribution in [-0.2, 0) is 0 Å². The number of alkyl halides is 3. The van der Waals surface area contributed by atoms with Crippen molar-refractivity contribution < 1.29 is 32.2 Å². The van der Waals surface area contributed by atoms with Crippen LogP contribution in [0, 0.1) is 0 Å². The molecular weight excluding hydrogens is 289 g/mol.